The molecule has 1 aliphatic rings. The smallest absolute Gasteiger partial charge is 0.480 e. The number of hydrogen-bond acceptors (Lipinski definition) is 12. The van der Waals surface area contributed by atoms with Crippen LogP contribution in [0, 0.1) is 11.8 Å². The summed E-state index contributed by atoms with van der Waals surface area (Å²) in [4.78, 5) is 91.1. The zero-order valence-electron chi connectivity index (χ0n) is 45.4. The Kier molecular flexibility index (Phi) is 25.7. The van der Waals surface area contributed by atoms with Gasteiger partial charge < -0.3 is 62.4 Å². The highest BCUT2D eigenvalue weighted by molar-refractivity contribution is 6.42. The number of urea groups is 1. The number of quaternary nitrogens is 1. The first kappa shape index (κ1) is 63.3. The lowest BCUT2D eigenvalue weighted by Crippen LogP contribution is -2.52. The van der Waals surface area contributed by atoms with E-state index in [1.807, 2.05) is 42.5 Å². The van der Waals surface area contributed by atoms with Crippen LogP contribution in [-0.2, 0) is 44.7 Å². The highest BCUT2D eigenvalue weighted by atomic mass is 19.2. The van der Waals surface area contributed by atoms with Gasteiger partial charge in [0.25, 0.3) is 0 Å². The molecule has 4 atom stereocenters. The number of benzene rings is 2. The van der Waals surface area contributed by atoms with Crippen molar-refractivity contribution in [2.45, 2.75) is 160 Å². The van der Waals surface area contributed by atoms with E-state index in [0.29, 0.717) is 63.7 Å². The predicted octanol–water partition coefficient (Wildman–Crippen LogP) is 4.59. The summed E-state index contributed by atoms with van der Waals surface area (Å²) in [5.41, 5.74) is 11.8. The van der Waals surface area contributed by atoms with Gasteiger partial charge in [-0.3, -0.25) is 27.8 Å². The number of carbonyl (C=O) groups is 7. The number of fused-ring (bicyclic) bond motifs is 1. The molecule has 19 nitrogen and oxygen atoms in total. The molecule has 0 saturated heterocycles. The number of hydrogen-bond donors (Lipinski definition) is 9. The van der Waals surface area contributed by atoms with Gasteiger partial charge in [-0.1, -0.05) is 42.5 Å². The van der Waals surface area contributed by atoms with E-state index in [-0.39, 0.29) is 79.8 Å². The second-order valence-corrected chi connectivity index (χ2v) is 22.4. The van der Waals surface area contributed by atoms with Crippen molar-refractivity contribution in [1.82, 2.24) is 31.9 Å². The molecule has 0 radical (unpaired) electrons. The minimum atomic E-state index is -2.42. The van der Waals surface area contributed by atoms with E-state index in [4.69, 9.17) is 20.9 Å². The lowest BCUT2D eigenvalue weighted by atomic mass is 9.81. The third-order valence-corrected chi connectivity index (χ3v) is 12.5. The number of carboxylic acids is 1. The minimum Gasteiger partial charge on any atom is -0.480 e. The SMILES string of the molecule is CC(C)(C)OC(=O)CC[C@H](NC(=O)N[C@@H](CCCCNC(=O)[C@H](Cc1ccc2ccccc2c1)NC(=O)C1CCC(CNC(=O)[C@@H](N)CCCCN/C=C(\N)C[N+](C)(C)CB(F)F)CC1)C(=O)O)C(=O)OC(C)(C)C. The van der Waals surface area contributed by atoms with Crippen molar-refractivity contribution in [3.8, 4) is 0 Å². The van der Waals surface area contributed by atoms with Crippen LogP contribution < -0.4 is 43.4 Å². The molecular formula is C53H85BF2N9O10+. The number of unbranched alkanes of at least 4 members (excludes halogenated alkanes) is 2. The topological polar surface area (TPSA) is 282 Å². The molecule has 0 aromatic heterocycles. The van der Waals surface area contributed by atoms with Gasteiger partial charge in [-0.15, -0.1) is 0 Å². The first-order chi connectivity index (χ1) is 35.1. The predicted molar refractivity (Wildman–Crippen MR) is 285 cm³/mol. The van der Waals surface area contributed by atoms with Crippen molar-refractivity contribution in [3.63, 3.8) is 0 Å². The lowest BCUT2D eigenvalue weighted by Gasteiger charge is -2.29. The fourth-order valence-electron chi connectivity index (χ4n) is 8.71. The molecule has 11 N–H and O–H groups in total. The van der Waals surface area contributed by atoms with Gasteiger partial charge in [0.15, 0.2) is 0 Å². The van der Waals surface area contributed by atoms with E-state index in [0.717, 1.165) is 22.8 Å². The summed E-state index contributed by atoms with van der Waals surface area (Å²) in [6.45, 7) is 11.5. The molecule has 0 bridgehead atoms. The number of ether oxygens (including phenoxy) is 2. The fourth-order valence-corrected chi connectivity index (χ4v) is 8.71. The van der Waals surface area contributed by atoms with Crippen LogP contribution in [0.15, 0.2) is 54.4 Å². The number of rotatable bonds is 30. The molecule has 2 aromatic rings. The zero-order chi connectivity index (χ0) is 55.9. The van der Waals surface area contributed by atoms with Crippen LogP contribution in [0.2, 0.25) is 0 Å². The molecule has 1 aliphatic carbocycles. The second kappa shape index (κ2) is 30.5. The van der Waals surface area contributed by atoms with E-state index in [1.165, 1.54) is 0 Å². The van der Waals surface area contributed by atoms with Crippen molar-refractivity contribution in [1.29, 1.82) is 0 Å². The molecule has 0 aliphatic heterocycles. The van der Waals surface area contributed by atoms with Gasteiger partial charge in [0, 0.05) is 44.6 Å². The fraction of sp³-hybridized carbons (Fsp3) is 0.642. The molecular weight excluding hydrogens is 971 g/mol. The summed E-state index contributed by atoms with van der Waals surface area (Å²) in [7, 11) is 0.966. The Morgan fingerprint density at radius 2 is 1.40 bits per heavy atom. The Hall–Kier alpha value is -6.03. The Balaban J connectivity index is 1.50. The molecule has 418 valence electrons. The van der Waals surface area contributed by atoms with Crippen LogP contribution >= 0.6 is 0 Å². The average Bonchev–Trinajstić information content (AvgIpc) is 3.30. The number of nitrogens with one attached hydrogen (secondary N) is 6. The molecule has 3 rings (SSSR count). The molecule has 0 unspecified atom stereocenters. The number of esters is 2. The van der Waals surface area contributed by atoms with Gasteiger partial charge in [0.2, 0.25) is 17.7 Å². The van der Waals surface area contributed by atoms with Crippen LogP contribution in [0.5, 0.6) is 0 Å². The summed E-state index contributed by atoms with van der Waals surface area (Å²) < 4.78 is 36.4. The van der Waals surface area contributed by atoms with E-state index in [2.05, 4.69) is 31.9 Å². The Labute approximate surface area is 441 Å². The maximum atomic E-state index is 13.8. The highest BCUT2D eigenvalue weighted by Crippen LogP contribution is 2.29. The Morgan fingerprint density at radius 1 is 0.773 bits per heavy atom. The van der Waals surface area contributed by atoms with Crippen LogP contribution in [0.25, 0.3) is 10.8 Å². The van der Waals surface area contributed by atoms with Crippen molar-refractivity contribution in [3.05, 3.63) is 59.9 Å². The maximum absolute atomic E-state index is 13.8. The molecule has 0 heterocycles. The molecule has 1 fully saturated rings. The maximum Gasteiger partial charge on any atom is 0.592 e. The number of nitrogens with two attached hydrogens (primary N) is 2. The standard InChI is InChI=1S/C53H84BF2N9O10/c1-52(2,3)74-45(66)26-25-43(50(72)75-53(4,5)6)64-51(73)63-42(49(70)71)18-12-14-28-60-48(69)44(30-36-21-22-37-15-9-10-16-39(37)29-36)62-46(67)38-23-19-35(20-24-38)31-61-47(68)41(58)17-11-13-27-59-32-40(57)33-65(7,8)34-54(55)56/h9-10,15-16,21-22,29,32,35,38,41-44,59H,11-14,17-20,23-28,30-31,33-34,57-58H2,1-8H3,(H5-,60,61,62,63,64,67,68,69,70,71,73)/p+1/b40-32-/t35?,38?,41-,42-,43-,44-/m0/s1. The number of aliphatic carboxylic acids is 1. The number of carbonyl (C=O) groups excluding carboxylic acids is 6. The van der Waals surface area contributed by atoms with Crippen LogP contribution in [0.3, 0.4) is 0 Å². The van der Waals surface area contributed by atoms with Crippen molar-refractivity contribution < 1.29 is 61.3 Å². The largest absolute Gasteiger partial charge is 0.592 e. The van der Waals surface area contributed by atoms with Gasteiger partial charge in [0.1, 0.15) is 42.3 Å². The summed E-state index contributed by atoms with van der Waals surface area (Å²) in [5.74, 6) is -3.76. The van der Waals surface area contributed by atoms with Crippen molar-refractivity contribution in [2.24, 2.45) is 23.3 Å². The van der Waals surface area contributed by atoms with Crippen molar-refractivity contribution >= 4 is 59.7 Å². The monoisotopic (exact) mass is 1060 g/mol. The normalized spacial score (nSPS) is 16.8. The van der Waals surface area contributed by atoms with Gasteiger partial charge in [0.05, 0.1) is 25.8 Å². The summed E-state index contributed by atoms with van der Waals surface area (Å²) in [5, 5.41) is 28.8. The molecule has 2 aromatic carbocycles. The molecule has 5 amide bonds. The number of likely N-dealkylation sites (N-methyl/N-ethyl adjacent to an activating group) is 1. The number of carboxylic acid groups (broad SMARTS) is 1. The summed E-state index contributed by atoms with van der Waals surface area (Å²) >= 11 is 0. The Morgan fingerprint density at radius 3 is 2.04 bits per heavy atom. The zero-order valence-corrected chi connectivity index (χ0v) is 45.4. The van der Waals surface area contributed by atoms with Crippen molar-refractivity contribution in [2.75, 3.05) is 46.7 Å². The van der Waals surface area contributed by atoms with Gasteiger partial charge >= 0.3 is 31.2 Å². The average molecular weight is 1060 g/mol. The van der Waals surface area contributed by atoms with Gasteiger partial charge in [-0.05, 0) is 134 Å². The van der Waals surface area contributed by atoms with Crippen LogP contribution in [0.4, 0.5) is 13.4 Å². The Bertz CT molecular complexity index is 2230. The van der Waals surface area contributed by atoms with E-state index in [9.17, 15) is 47.3 Å². The molecule has 22 heteroatoms. The molecule has 75 heavy (non-hydrogen) atoms. The quantitative estimate of drug-likeness (QED) is 0.0224. The van der Waals surface area contributed by atoms with E-state index in [1.54, 1.807) is 61.8 Å². The number of amides is 5. The minimum absolute atomic E-state index is 0.00601. The molecule has 0 spiro atoms. The third kappa shape index (κ3) is 25.9. The molecule has 1 saturated carbocycles. The third-order valence-electron chi connectivity index (χ3n) is 12.5. The first-order valence-corrected chi connectivity index (χ1v) is 26.2. The highest BCUT2D eigenvalue weighted by Gasteiger charge is 2.33. The van der Waals surface area contributed by atoms with Crippen LogP contribution in [0.1, 0.15) is 124 Å². The summed E-state index contributed by atoms with van der Waals surface area (Å²) in [6.07, 6.45) is 6.27. The number of nitrogens with zero attached hydrogens (tertiary/aromatic N) is 1. The first-order valence-electron chi connectivity index (χ1n) is 26.2. The van der Waals surface area contributed by atoms with Gasteiger partial charge in [-0.2, -0.15) is 0 Å². The van der Waals surface area contributed by atoms with Crippen LogP contribution in [-0.4, -0.2) is 141 Å². The second-order valence-electron chi connectivity index (χ2n) is 22.4. The van der Waals surface area contributed by atoms with Gasteiger partial charge in [-0.25, -0.2) is 14.4 Å². The number of halogens is 2. The summed E-state index contributed by atoms with van der Waals surface area (Å²) in [6, 6.07) is 8.54. The lowest BCUT2D eigenvalue weighted by molar-refractivity contribution is -0.876. The van der Waals surface area contributed by atoms with E-state index < -0.39 is 72.5 Å². The van der Waals surface area contributed by atoms with E-state index >= 15 is 0 Å².